The van der Waals surface area contributed by atoms with Gasteiger partial charge in [0.2, 0.25) is 5.91 Å². The fraction of sp³-hybridized carbons (Fsp3) is 0.429. The van der Waals surface area contributed by atoms with Gasteiger partial charge in [-0.25, -0.2) is 8.42 Å². The van der Waals surface area contributed by atoms with E-state index in [1.165, 1.54) is 11.9 Å². The molecule has 0 saturated carbocycles. The molecule has 1 aliphatic rings. The van der Waals surface area contributed by atoms with Crippen LogP contribution in [0.1, 0.15) is 12.0 Å². The average molecular weight is 311 g/mol. The third kappa shape index (κ3) is 3.07. The summed E-state index contributed by atoms with van der Waals surface area (Å²) in [5.41, 5.74) is 0.618. The maximum atomic E-state index is 12.5. The van der Waals surface area contributed by atoms with E-state index in [-0.39, 0.29) is 12.8 Å². The third-order valence-corrected chi connectivity index (χ3v) is 6.10. The molecular weight excluding hydrogens is 294 g/mol. The van der Waals surface area contributed by atoms with E-state index < -0.39 is 32.2 Å². The van der Waals surface area contributed by atoms with Crippen LogP contribution in [0.15, 0.2) is 30.3 Å². The monoisotopic (exact) mass is 311 g/mol. The molecule has 1 aromatic rings. The molecule has 114 valence electrons. The van der Waals surface area contributed by atoms with Gasteiger partial charge in [-0.2, -0.15) is 0 Å². The maximum Gasteiger partial charge on any atom is 0.322 e. The van der Waals surface area contributed by atoms with Crippen molar-refractivity contribution >= 4 is 21.7 Å². The number of sulfone groups is 1. The summed E-state index contributed by atoms with van der Waals surface area (Å²) in [5.74, 6) is -1.93. The second-order valence-electron chi connectivity index (χ2n) is 5.14. The van der Waals surface area contributed by atoms with Gasteiger partial charge in [0, 0.05) is 13.6 Å². The van der Waals surface area contributed by atoms with Crippen molar-refractivity contribution in [3.63, 3.8) is 0 Å². The van der Waals surface area contributed by atoms with Crippen LogP contribution in [-0.4, -0.2) is 54.4 Å². The highest BCUT2D eigenvalue weighted by Gasteiger charge is 2.46. The van der Waals surface area contributed by atoms with Crippen molar-refractivity contribution in [2.24, 2.45) is 0 Å². The highest BCUT2D eigenvalue weighted by Crippen LogP contribution is 2.23. The maximum absolute atomic E-state index is 12.5. The quantitative estimate of drug-likeness (QED) is 0.846. The molecule has 2 atom stereocenters. The van der Waals surface area contributed by atoms with Gasteiger partial charge in [-0.3, -0.25) is 9.59 Å². The molecule has 7 heteroatoms. The minimum atomic E-state index is -4.07. The topological polar surface area (TPSA) is 91.8 Å². The number of benzene rings is 1. The van der Waals surface area contributed by atoms with Crippen molar-refractivity contribution in [3.8, 4) is 0 Å². The van der Waals surface area contributed by atoms with Gasteiger partial charge in [0.15, 0.2) is 15.1 Å². The van der Waals surface area contributed by atoms with Crippen LogP contribution in [-0.2, 0) is 25.8 Å². The number of hydrogen-bond acceptors (Lipinski definition) is 4. The molecule has 1 fully saturated rings. The fourth-order valence-electron chi connectivity index (χ4n) is 2.47. The van der Waals surface area contributed by atoms with E-state index in [0.29, 0.717) is 12.1 Å². The second kappa shape index (κ2) is 5.85. The van der Waals surface area contributed by atoms with E-state index in [4.69, 9.17) is 0 Å². The van der Waals surface area contributed by atoms with Gasteiger partial charge in [0.25, 0.3) is 0 Å². The first-order valence-electron chi connectivity index (χ1n) is 6.58. The lowest BCUT2D eigenvalue weighted by atomic mass is 10.1. The molecule has 1 amide bonds. The summed E-state index contributed by atoms with van der Waals surface area (Å²) in [7, 11) is -2.55. The van der Waals surface area contributed by atoms with Gasteiger partial charge >= 0.3 is 5.97 Å². The molecule has 21 heavy (non-hydrogen) atoms. The largest absolute Gasteiger partial charge is 0.480 e. The summed E-state index contributed by atoms with van der Waals surface area (Å²) in [6.45, 7) is 0.334. The number of carboxylic acids is 1. The van der Waals surface area contributed by atoms with E-state index in [2.05, 4.69) is 0 Å². The highest BCUT2D eigenvalue weighted by molar-refractivity contribution is 7.94. The molecule has 1 aliphatic heterocycles. The average Bonchev–Trinajstić information content (AvgIpc) is 2.77. The van der Waals surface area contributed by atoms with Crippen LogP contribution in [0.4, 0.5) is 0 Å². The number of carboxylic acid groups (broad SMARTS) is 1. The first kappa shape index (κ1) is 15.5. The normalized spacial score (nSPS) is 20.5. The van der Waals surface area contributed by atoms with E-state index >= 15 is 0 Å². The minimum Gasteiger partial charge on any atom is -0.480 e. The van der Waals surface area contributed by atoms with Gasteiger partial charge < -0.3 is 10.0 Å². The lowest BCUT2D eigenvalue weighted by Gasteiger charge is -2.17. The van der Waals surface area contributed by atoms with Crippen molar-refractivity contribution < 1.29 is 23.1 Å². The molecule has 0 bridgehead atoms. The molecule has 0 spiro atoms. The van der Waals surface area contributed by atoms with Gasteiger partial charge in [-0.15, -0.1) is 0 Å². The summed E-state index contributed by atoms with van der Waals surface area (Å²) in [5, 5.41) is 6.44. The van der Waals surface area contributed by atoms with Crippen molar-refractivity contribution in [3.05, 3.63) is 35.9 Å². The number of rotatable bonds is 5. The first-order valence-corrected chi connectivity index (χ1v) is 8.19. The third-order valence-electron chi connectivity index (χ3n) is 3.71. The summed E-state index contributed by atoms with van der Waals surface area (Å²) in [4.78, 5) is 24.6. The number of likely N-dealkylation sites (tertiary alicyclic amines) is 1. The Morgan fingerprint density at radius 1 is 1.38 bits per heavy atom. The Hall–Kier alpha value is -1.89. The molecule has 6 nitrogen and oxygen atoms in total. The Labute approximate surface area is 123 Å². The van der Waals surface area contributed by atoms with Crippen LogP contribution in [0.5, 0.6) is 0 Å². The van der Waals surface area contributed by atoms with Crippen LogP contribution in [0.3, 0.4) is 0 Å². The van der Waals surface area contributed by atoms with E-state index in [0.717, 1.165) is 0 Å². The Balaban J connectivity index is 2.29. The van der Waals surface area contributed by atoms with Gasteiger partial charge in [-0.05, 0) is 18.4 Å². The molecular formula is C14H17NO5S. The summed E-state index contributed by atoms with van der Waals surface area (Å²) in [6, 6.07) is 8.55. The summed E-state index contributed by atoms with van der Waals surface area (Å²) >= 11 is 0. The van der Waals surface area contributed by atoms with E-state index in [9.17, 15) is 23.1 Å². The van der Waals surface area contributed by atoms with Crippen LogP contribution >= 0.6 is 0 Å². The molecule has 0 radical (unpaired) electrons. The van der Waals surface area contributed by atoms with Crippen LogP contribution < -0.4 is 0 Å². The molecule has 1 N–H and O–H groups in total. The number of nitrogens with zero attached hydrogens (tertiary/aromatic N) is 1. The molecule has 1 heterocycles. The van der Waals surface area contributed by atoms with Gasteiger partial charge in [0.05, 0.1) is 0 Å². The molecule has 0 aliphatic carbocycles. The molecule has 0 aromatic heterocycles. The molecule has 1 saturated heterocycles. The highest BCUT2D eigenvalue weighted by atomic mass is 32.2. The summed E-state index contributed by atoms with van der Waals surface area (Å²) < 4.78 is 25.0. The van der Waals surface area contributed by atoms with E-state index in [1.807, 2.05) is 0 Å². The zero-order valence-electron chi connectivity index (χ0n) is 11.6. The SMILES string of the molecule is CN1CCC(S(=O)(=O)C(Cc2ccccc2)C(=O)O)C1=O. The Morgan fingerprint density at radius 3 is 2.48 bits per heavy atom. The summed E-state index contributed by atoms with van der Waals surface area (Å²) in [6.07, 6.45) is 0.0161. The van der Waals surface area contributed by atoms with E-state index in [1.54, 1.807) is 30.3 Å². The second-order valence-corrected chi connectivity index (χ2v) is 7.46. The lowest BCUT2D eigenvalue weighted by molar-refractivity contribution is -0.136. The number of carbonyl (C=O) groups is 2. The van der Waals surface area contributed by atoms with Gasteiger partial charge in [-0.1, -0.05) is 30.3 Å². The standard InChI is InChI=1S/C14H17NO5S/c1-15-8-7-11(13(15)16)21(19,20)12(14(17)18)9-10-5-3-2-4-6-10/h2-6,11-12H,7-9H2,1H3,(H,17,18). The lowest BCUT2D eigenvalue weighted by Crippen LogP contribution is -2.42. The molecule has 2 rings (SSSR count). The van der Waals surface area contributed by atoms with Crippen LogP contribution in [0.2, 0.25) is 0 Å². The number of aliphatic carboxylic acids is 1. The number of carbonyl (C=O) groups excluding carboxylic acids is 1. The van der Waals surface area contributed by atoms with Crippen molar-refractivity contribution in [1.82, 2.24) is 4.90 Å². The predicted molar refractivity (Wildman–Crippen MR) is 76.5 cm³/mol. The Kier molecular flexibility index (Phi) is 4.32. The molecule has 1 aromatic carbocycles. The minimum absolute atomic E-state index is 0.133. The van der Waals surface area contributed by atoms with Crippen molar-refractivity contribution in [2.75, 3.05) is 13.6 Å². The Morgan fingerprint density at radius 2 is 2.00 bits per heavy atom. The zero-order valence-corrected chi connectivity index (χ0v) is 12.4. The van der Waals surface area contributed by atoms with Crippen LogP contribution in [0, 0.1) is 0 Å². The number of hydrogen-bond donors (Lipinski definition) is 1. The zero-order chi connectivity index (χ0) is 15.6. The fourth-order valence-corrected chi connectivity index (χ4v) is 4.46. The smallest absolute Gasteiger partial charge is 0.322 e. The molecule has 2 unspecified atom stereocenters. The predicted octanol–water partition coefficient (Wildman–Crippen LogP) is 0.328. The van der Waals surface area contributed by atoms with Crippen LogP contribution in [0.25, 0.3) is 0 Å². The van der Waals surface area contributed by atoms with Gasteiger partial charge in [0.1, 0.15) is 5.25 Å². The van der Waals surface area contributed by atoms with Crippen molar-refractivity contribution in [2.45, 2.75) is 23.3 Å². The number of amides is 1. The van der Waals surface area contributed by atoms with Crippen molar-refractivity contribution in [1.29, 1.82) is 0 Å². The Bertz CT molecular complexity index is 641. The first-order chi connectivity index (χ1) is 9.84.